The average molecular weight is 625 g/mol. The van der Waals surface area contributed by atoms with Gasteiger partial charge in [-0.25, -0.2) is 22.8 Å². The minimum absolute atomic E-state index is 0.0220. The van der Waals surface area contributed by atoms with E-state index in [2.05, 4.69) is 5.32 Å². The van der Waals surface area contributed by atoms with Crippen LogP contribution in [0.25, 0.3) is 0 Å². The van der Waals surface area contributed by atoms with Gasteiger partial charge >= 0.3 is 24.4 Å². The van der Waals surface area contributed by atoms with Crippen molar-refractivity contribution in [3.05, 3.63) is 65.0 Å². The molecule has 1 N–H and O–H groups in total. The predicted octanol–water partition coefficient (Wildman–Crippen LogP) is 7.11. The van der Waals surface area contributed by atoms with Crippen molar-refractivity contribution in [2.45, 2.75) is 62.0 Å². The van der Waals surface area contributed by atoms with E-state index in [4.69, 9.17) is 0 Å². The van der Waals surface area contributed by atoms with E-state index in [1.165, 1.54) is 36.2 Å². The van der Waals surface area contributed by atoms with E-state index in [0.717, 1.165) is 11.9 Å². The number of carbonyl (C=O) groups excluding carboxylic acids is 2. The standard InChI is InChI=1S/C28H29F9N4O2/c1-39(21-12-17(27(32,33)34)11-18(13-21)28(35,36)37)25(43)40(2)23-15-41(14-22(23)16-3-5-19(29)6-4-16)24(42)38-20-7-9-26(30,31)10-8-20/h3-6,11-13,20,22-23H,7-10,14-15H2,1-2H3,(H,38,42)/t22-,23+/m0/s1. The fourth-order valence-electron chi connectivity index (χ4n) is 5.45. The number of anilines is 1. The summed E-state index contributed by atoms with van der Waals surface area (Å²) in [5.74, 6) is -3.96. The summed E-state index contributed by atoms with van der Waals surface area (Å²) in [4.78, 5) is 29.7. The molecule has 2 atom stereocenters. The first kappa shape index (κ1) is 32.3. The molecule has 0 radical (unpaired) electrons. The summed E-state index contributed by atoms with van der Waals surface area (Å²) in [6.45, 7) is -0.0721. The maximum atomic E-state index is 13.6. The quantitative estimate of drug-likeness (QED) is 0.369. The highest BCUT2D eigenvalue weighted by molar-refractivity contribution is 5.92. The Labute approximate surface area is 241 Å². The predicted molar refractivity (Wildman–Crippen MR) is 138 cm³/mol. The van der Waals surface area contributed by atoms with Crippen molar-refractivity contribution in [3.63, 3.8) is 0 Å². The molecular formula is C28H29F9N4O2. The van der Waals surface area contributed by atoms with Crippen molar-refractivity contribution in [2.24, 2.45) is 0 Å². The van der Waals surface area contributed by atoms with Gasteiger partial charge in [0.1, 0.15) is 5.82 Å². The molecule has 4 rings (SSSR count). The molecule has 2 aliphatic rings. The van der Waals surface area contributed by atoms with Gasteiger partial charge in [-0.05, 0) is 48.7 Å². The second-order valence-corrected chi connectivity index (χ2v) is 10.9. The van der Waals surface area contributed by atoms with Crippen LogP contribution in [0.3, 0.4) is 0 Å². The zero-order valence-electron chi connectivity index (χ0n) is 23.1. The number of alkyl halides is 8. The van der Waals surface area contributed by atoms with Crippen molar-refractivity contribution in [1.82, 2.24) is 15.1 Å². The molecule has 43 heavy (non-hydrogen) atoms. The molecule has 0 bridgehead atoms. The Morgan fingerprint density at radius 1 is 0.884 bits per heavy atom. The molecule has 1 heterocycles. The highest BCUT2D eigenvalue weighted by Gasteiger charge is 2.43. The van der Waals surface area contributed by atoms with Crippen LogP contribution in [0.4, 0.5) is 54.8 Å². The molecule has 236 valence electrons. The second kappa shape index (κ2) is 11.8. The summed E-state index contributed by atoms with van der Waals surface area (Å²) in [5.41, 5.74) is -3.31. The Balaban J connectivity index is 1.58. The van der Waals surface area contributed by atoms with Crippen LogP contribution < -0.4 is 10.2 Å². The summed E-state index contributed by atoms with van der Waals surface area (Å²) in [6, 6.07) is 3.20. The summed E-state index contributed by atoms with van der Waals surface area (Å²) in [6.07, 6.45) is -10.9. The highest BCUT2D eigenvalue weighted by Crippen LogP contribution is 2.39. The van der Waals surface area contributed by atoms with Gasteiger partial charge in [0, 0.05) is 57.7 Å². The van der Waals surface area contributed by atoms with E-state index >= 15 is 0 Å². The van der Waals surface area contributed by atoms with Gasteiger partial charge in [-0.2, -0.15) is 26.3 Å². The number of benzene rings is 2. The molecule has 15 heteroatoms. The third-order valence-electron chi connectivity index (χ3n) is 7.96. The summed E-state index contributed by atoms with van der Waals surface area (Å²) in [5, 5.41) is 2.72. The number of likely N-dealkylation sites (N-methyl/N-ethyl adjacent to an activating group) is 1. The monoisotopic (exact) mass is 624 g/mol. The summed E-state index contributed by atoms with van der Waals surface area (Å²) >= 11 is 0. The first-order chi connectivity index (χ1) is 19.9. The lowest BCUT2D eigenvalue weighted by atomic mass is 9.92. The molecule has 2 aromatic carbocycles. The van der Waals surface area contributed by atoms with Gasteiger partial charge in [0.25, 0.3) is 0 Å². The van der Waals surface area contributed by atoms with E-state index < -0.39 is 71.0 Å². The molecule has 2 fully saturated rings. The SMILES string of the molecule is CN(C(=O)N(C)[C@@H]1CN(C(=O)NC2CCC(F)(F)CC2)C[C@H]1c1ccc(F)cc1)c1cc(C(F)(F)F)cc(C(F)(F)F)c1. The van der Waals surface area contributed by atoms with Crippen molar-refractivity contribution in [2.75, 3.05) is 32.1 Å². The van der Waals surface area contributed by atoms with Crippen LogP contribution in [0.1, 0.15) is 48.3 Å². The number of hydrogen-bond acceptors (Lipinski definition) is 2. The van der Waals surface area contributed by atoms with Crippen LogP contribution in [-0.4, -0.2) is 67.1 Å². The topological polar surface area (TPSA) is 55.9 Å². The largest absolute Gasteiger partial charge is 0.416 e. The van der Waals surface area contributed by atoms with Gasteiger partial charge in [0.05, 0.1) is 17.2 Å². The molecule has 1 aliphatic carbocycles. The number of halogens is 9. The van der Waals surface area contributed by atoms with Gasteiger partial charge in [-0.3, -0.25) is 4.90 Å². The van der Waals surface area contributed by atoms with E-state index in [0.29, 0.717) is 22.6 Å². The van der Waals surface area contributed by atoms with Crippen LogP contribution in [0, 0.1) is 5.82 Å². The van der Waals surface area contributed by atoms with E-state index in [1.54, 1.807) is 0 Å². The van der Waals surface area contributed by atoms with Gasteiger partial charge in [0.2, 0.25) is 5.92 Å². The first-order valence-electron chi connectivity index (χ1n) is 13.3. The smallest absolute Gasteiger partial charge is 0.335 e. The molecule has 0 unspecified atom stereocenters. The molecular weight excluding hydrogens is 595 g/mol. The molecule has 1 saturated heterocycles. The Hall–Kier alpha value is -3.65. The molecule has 0 spiro atoms. The zero-order chi connectivity index (χ0) is 31.9. The summed E-state index contributed by atoms with van der Waals surface area (Å²) in [7, 11) is 2.32. The maximum absolute atomic E-state index is 13.6. The fraction of sp³-hybridized carbons (Fsp3) is 0.500. The number of hydrogen-bond donors (Lipinski definition) is 1. The molecule has 6 nitrogen and oxygen atoms in total. The Kier molecular flexibility index (Phi) is 8.85. The average Bonchev–Trinajstić information content (AvgIpc) is 3.38. The van der Waals surface area contributed by atoms with E-state index in [-0.39, 0.29) is 44.8 Å². The van der Waals surface area contributed by atoms with Crippen LogP contribution in [-0.2, 0) is 12.4 Å². The fourth-order valence-corrected chi connectivity index (χ4v) is 5.45. The Morgan fingerprint density at radius 2 is 1.42 bits per heavy atom. The Morgan fingerprint density at radius 3 is 1.93 bits per heavy atom. The number of amides is 4. The van der Waals surface area contributed by atoms with E-state index in [1.807, 2.05) is 0 Å². The lowest BCUT2D eigenvalue weighted by molar-refractivity contribution is -0.143. The van der Waals surface area contributed by atoms with Gasteiger partial charge in [0.15, 0.2) is 0 Å². The number of rotatable bonds is 4. The third-order valence-corrected chi connectivity index (χ3v) is 7.96. The Bertz CT molecular complexity index is 1290. The molecule has 2 aromatic rings. The van der Waals surface area contributed by atoms with Crippen LogP contribution >= 0.6 is 0 Å². The zero-order valence-corrected chi connectivity index (χ0v) is 23.1. The minimum atomic E-state index is -5.12. The minimum Gasteiger partial charge on any atom is -0.335 e. The number of nitrogens with zero attached hydrogens (tertiary/aromatic N) is 3. The van der Waals surface area contributed by atoms with Crippen molar-refractivity contribution >= 4 is 17.7 Å². The van der Waals surface area contributed by atoms with Crippen LogP contribution in [0.5, 0.6) is 0 Å². The number of carbonyl (C=O) groups is 2. The lowest BCUT2D eigenvalue weighted by Gasteiger charge is -2.33. The third kappa shape index (κ3) is 7.47. The van der Waals surface area contributed by atoms with E-state index in [9.17, 15) is 49.1 Å². The number of likely N-dealkylation sites (tertiary alicyclic amines) is 1. The van der Waals surface area contributed by atoms with Crippen molar-refractivity contribution < 1.29 is 49.1 Å². The van der Waals surface area contributed by atoms with Gasteiger partial charge < -0.3 is 15.1 Å². The molecule has 4 amide bonds. The summed E-state index contributed by atoms with van der Waals surface area (Å²) < 4.78 is 121. The van der Waals surface area contributed by atoms with Gasteiger partial charge in [-0.1, -0.05) is 12.1 Å². The maximum Gasteiger partial charge on any atom is 0.416 e. The molecule has 1 saturated carbocycles. The number of nitrogens with one attached hydrogen (secondary N) is 1. The van der Waals surface area contributed by atoms with Crippen LogP contribution in [0.15, 0.2) is 42.5 Å². The lowest BCUT2D eigenvalue weighted by Crippen LogP contribution is -2.49. The highest BCUT2D eigenvalue weighted by atomic mass is 19.4. The normalized spacial score (nSPS) is 21.0. The first-order valence-corrected chi connectivity index (χ1v) is 13.3. The van der Waals surface area contributed by atoms with Crippen molar-refractivity contribution in [3.8, 4) is 0 Å². The van der Waals surface area contributed by atoms with Crippen LogP contribution in [0.2, 0.25) is 0 Å². The molecule has 1 aliphatic heterocycles. The molecule has 0 aromatic heterocycles. The number of urea groups is 2. The van der Waals surface area contributed by atoms with Gasteiger partial charge in [-0.15, -0.1) is 0 Å². The second-order valence-electron chi connectivity index (χ2n) is 10.9. The van der Waals surface area contributed by atoms with Crippen molar-refractivity contribution in [1.29, 1.82) is 0 Å².